The third kappa shape index (κ3) is 10.1. The van der Waals surface area contributed by atoms with Gasteiger partial charge in [0.2, 0.25) is 11.8 Å². The van der Waals surface area contributed by atoms with Crippen LogP contribution in [0.4, 0.5) is 0 Å². The van der Waals surface area contributed by atoms with E-state index in [0.29, 0.717) is 6.04 Å². The van der Waals surface area contributed by atoms with E-state index in [1.165, 1.54) is 51.0 Å². The number of nitrogens with zero attached hydrogens (tertiary/aromatic N) is 2. The van der Waals surface area contributed by atoms with Gasteiger partial charge in [-0.05, 0) is 50.7 Å². The largest absolute Gasteiger partial charge is 0.342 e. The number of unbranched alkanes of at least 4 members (excludes halogenated alkanes) is 6. The van der Waals surface area contributed by atoms with Gasteiger partial charge in [-0.3, -0.25) is 9.59 Å². The predicted octanol–water partition coefficient (Wildman–Crippen LogP) is 5.49. The van der Waals surface area contributed by atoms with Crippen molar-refractivity contribution >= 4 is 11.8 Å². The summed E-state index contributed by atoms with van der Waals surface area (Å²) in [6.07, 6.45) is 20.4. The van der Waals surface area contributed by atoms with Crippen molar-refractivity contribution < 1.29 is 9.59 Å². The third-order valence-corrected chi connectivity index (χ3v) is 5.73. The van der Waals surface area contributed by atoms with Gasteiger partial charge in [-0.2, -0.15) is 0 Å². The first-order valence-corrected chi connectivity index (χ1v) is 11.4. The highest BCUT2D eigenvalue weighted by Gasteiger charge is 2.23. The molecule has 0 aromatic rings. The Morgan fingerprint density at radius 2 is 1.61 bits per heavy atom. The molecule has 0 aromatic carbocycles. The quantitative estimate of drug-likeness (QED) is 0.291. The molecular formula is C24H42N2O2. The number of hydrogen-bond acceptors (Lipinski definition) is 2. The van der Waals surface area contributed by atoms with Gasteiger partial charge in [0, 0.05) is 26.2 Å². The highest BCUT2D eigenvalue weighted by molar-refractivity contribution is 5.87. The van der Waals surface area contributed by atoms with Crippen LogP contribution in [0.25, 0.3) is 0 Å². The van der Waals surface area contributed by atoms with Crippen molar-refractivity contribution in [1.29, 1.82) is 0 Å². The fourth-order valence-electron chi connectivity index (χ4n) is 3.88. The van der Waals surface area contributed by atoms with Crippen LogP contribution in [-0.2, 0) is 9.59 Å². The van der Waals surface area contributed by atoms with Crippen LogP contribution in [0.3, 0.4) is 0 Å². The lowest BCUT2D eigenvalue weighted by atomic mass is 9.94. The maximum atomic E-state index is 12.7. The molecule has 0 spiro atoms. The summed E-state index contributed by atoms with van der Waals surface area (Å²) < 4.78 is 0. The molecule has 4 nitrogen and oxygen atoms in total. The zero-order valence-electron chi connectivity index (χ0n) is 18.3. The second-order valence-corrected chi connectivity index (χ2v) is 8.10. The topological polar surface area (TPSA) is 40.6 Å². The highest BCUT2D eigenvalue weighted by Crippen LogP contribution is 2.23. The maximum absolute atomic E-state index is 12.7. The molecular weight excluding hydrogens is 348 g/mol. The van der Waals surface area contributed by atoms with E-state index in [1.807, 2.05) is 13.1 Å². The Kier molecular flexibility index (Phi) is 13.4. The molecule has 4 heteroatoms. The first-order chi connectivity index (χ1) is 13.6. The van der Waals surface area contributed by atoms with Crippen molar-refractivity contribution in [3.05, 3.63) is 24.8 Å². The number of carbonyl (C=O) groups excluding carboxylic acids is 2. The lowest BCUT2D eigenvalue weighted by Crippen LogP contribution is -2.41. The Morgan fingerprint density at radius 3 is 2.29 bits per heavy atom. The fraction of sp³-hybridized carbons (Fsp3) is 0.750. The van der Waals surface area contributed by atoms with Crippen molar-refractivity contribution in [1.82, 2.24) is 9.80 Å². The Labute approximate surface area is 173 Å². The molecule has 2 amide bonds. The summed E-state index contributed by atoms with van der Waals surface area (Å²) in [4.78, 5) is 27.9. The van der Waals surface area contributed by atoms with E-state index < -0.39 is 0 Å². The minimum atomic E-state index is -0.00369. The van der Waals surface area contributed by atoms with Gasteiger partial charge in [-0.25, -0.2) is 0 Å². The molecule has 1 saturated carbocycles. The van der Waals surface area contributed by atoms with Crippen molar-refractivity contribution in [2.24, 2.45) is 0 Å². The summed E-state index contributed by atoms with van der Waals surface area (Å²) in [5.74, 6) is 0.214. The Morgan fingerprint density at radius 1 is 0.929 bits per heavy atom. The number of allylic oxidation sites excluding steroid dienone is 1. The molecule has 0 radical (unpaired) electrons. The van der Waals surface area contributed by atoms with Crippen LogP contribution < -0.4 is 0 Å². The number of carbonyl (C=O) groups is 2. The zero-order valence-corrected chi connectivity index (χ0v) is 18.3. The molecule has 28 heavy (non-hydrogen) atoms. The van der Waals surface area contributed by atoms with Crippen LogP contribution in [0.15, 0.2) is 24.8 Å². The SMILES string of the molecule is C=CC(=O)N(C)CCCCCCC/C=C/C(=O)N(CCCC)C1CCCCC1. The molecule has 1 aliphatic rings. The van der Waals surface area contributed by atoms with Crippen molar-refractivity contribution in [2.75, 3.05) is 20.1 Å². The molecule has 0 heterocycles. The lowest BCUT2D eigenvalue weighted by Gasteiger charge is -2.33. The summed E-state index contributed by atoms with van der Waals surface area (Å²) in [7, 11) is 1.82. The zero-order chi connectivity index (χ0) is 20.6. The van der Waals surface area contributed by atoms with Gasteiger partial charge in [0.1, 0.15) is 0 Å². The summed E-state index contributed by atoms with van der Waals surface area (Å²) in [6, 6.07) is 0.462. The highest BCUT2D eigenvalue weighted by atomic mass is 16.2. The van der Waals surface area contributed by atoms with Gasteiger partial charge >= 0.3 is 0 Å². The van der Waals surface area contributed by atoms with Gasteiger partial charge in [-0.15, -0.1) is 0 Å². The van der Waals surface area contributed by atoms with Crippen LogP contribution in [-0.4, -0.2) is 47.8 Å². The van der Waals surface area contributed by atoms with Crippen molar-refractivity contribution in [3.8, 4) is 0 Å². The first-order valence-electron chi connectivity index (χ1n) is 11.4. The second-order valence-electron chi connectivity index (χ2n) is 8.10. The van der Waals surface area contributed by atoms with Crippen LogP contribution in [0.5, 0.6) is 0 Å². The van der Waals surface area contributed by atoms with E-state index in [2.05, 4.69) is 24.5 Å². The number of rotatable bonds is 14. The van der Waals surface area contributed by atoms with Crippen molar-refractivity contribution in [2.45, 2.75) is 96.4 Å². The van der Waals surface area contributed by atoms with E-state index >= 15 is 0 Å². The van der Waals surface area contributed by atoms with Gasteiger partial charge in [0.25, 0.3) is 0 Å². The van der Waals surface area contributed by atoms with E-state index in [0.717, 1.165) is 51.6 Å². The van der Waals surface area contributed by atoms with Gasteiger partial charge in [0.15, 0.2) is 0 Å². The average molecular weight is 391 g/mol. The molecule has 0 aliphatic heterocycles. The maximum Gasteiger partial charge on any atom is 0.246 e. The Hall–Kier alpha value is -1.58. The van der Waals surface area contributed by atoms with Gasteiger partial charge in [0.05, 0.1) is 0 Å². The van der Waals surface area contributed by atoms with Crippen LogP contribution in [0.1, 0.15) is 90.4 Å². The molecule has 0 aromatic heterocycles. The molecule has 0 unspecified atom stereocenters. The van der Waals surface area contributed by atoms with Crippen LogP contribution in [0.2, 0.25) is 0 Å². The minimum absolute atomic E-state index is 0.00369. The first kappa shape index (κ1) is 24.5. The van der Waals surface area contributed by atoms with E-state index in [-0.39, 0.29) is 11.8 Å². The summed E-state index contributed by atoms with van der Waals surface area (Å²) in [6.45, 7) is 7.41. The summed E-state index contributed by atoms with van der Waals surface area (Å²) in [5.41, 5.74) is 0. The molecule has 0 saturated heterocycles. The third-order valence-electron chi connectivity index (χ3n) is 5.73. The average Bonchev–Trinajstić information content (AvgIpc) is 2.72. The lowest BCUT2D eigenvalue weighted by molar-refractivity contribution is -0.129. The predicted molar refractivity (Wildman–Crippen MR) is 118 cm³/mol. The molecule has 0 atom stereocenters. The molecule has 1 fully saturated rings. The monoisotopic (exact) mass is 390 g/mol. The second kappa shape index (κ2) is 15.4. The van der Waals surface area contributed by atoms with E-state index in [4.69, 9.17) is 0 Å². The molecule has 160 valence electrons. The molecule has 0 N–H and O–H groups in total. The summed E-state index contributed by atoms with van der Waals surface area (Å²) in [5, 5.41) is 0. The molecule has 1 rings (SSSR count). The van der Waals surface area contributed by atoms with E-state index in [1.54, 1.807) is 4.90 Å². The van der Waals surface area contributed by atoms with E-state index in [9.17, 15) is 9.59 Å². The van der Waals surface area contributed by atoms with Crippen LogP contribution >= 0.6 is 0 Å². The van der Waals surface area contributed by atoms with Crippen LogP contribution in [0, 0.1) is 0 Å². The number of amides is 2. The fourth-order valence-corrected chi connectivity index (χ4v) is 3.88. The number of likely N-dealkylation sites (N-methyl/N-ethyl adjacent to an activating group) is 1. The Balaban J connectivity index is 2.19. The summed E-state index contributed by atoms with van der Waals surface area (Å²) >= 11 is 0. The molecule has 1 aliphatic carbocycles. The van der Waals surface area contributed by atoms with Gasteiger partial charge < -0.3 is 9.80 Å². The Bertz CT molecular complexity index is 481. The number of hydrogen-bond donors (Lipinski definition) is 0. The standard InChI is InChI=1S/C24H42N2O2/c1-4-6-21-26(22-17-13-12-14-18-22)24(28)19-15-10-8-7-9-11-16-20-25(3)23(27)5-2/h5,15,19,22H,2,4,6-14,16-18,20-21H2,1,3H3/b19-15+. The normalized spacial score (nSPS) is 14.9. The van der Waals surface area contributed by atoms with Crippen molar-refractivity contribution in [3.63, 3.8) is 0 Å². The smallest absolute Gasteiger partial charge is 0.246 e. The molecule has 0 bridgehead atoms. The van der Waals surface area contributed by atoms with Gasteiger partial charge in [-0.1, -0.05) is 64.5 Å². The minimum Gasteiger partial charge on any atom is -0.342 e.